The third-order valence-electron chi connectivity index (χ3n) is 0.702. The maximum atomic E-state index is 10.3. The SMILES string of the molecule is O=C1NC(O)=CN(O)N1. The van der Waals surface area contributed by atoms with Gasteiger partial charge in [-0.2, -0.15) is 5.17 Å². The lowest BCUT2D eigenvalue weighted by Crippen LogP contribution is -2.47. The highest BCUT2D eigenvalue weighted by Gasteiger charge is 2.11. The van der Waals surface area contributed by atoms with Crippen LogP contribution in [0.3, 0.4) is 0 Å². The van der Waals surface area contributed by atoms with Gasteiger partial charge in [-0.15, -0.1) is 0 Å². The molecule has 2 amide bonds. The Morgan fingerprint density at radius 3 is 2.78 bits per heavy atom. The molecule has 6 nitrogen and oxygen atoms in total. The summed E-state index contributed by atoms with van der Waals surface area (Å²) in [6.07, 6.45) is 0.904. The first-order valence-corrected chi connectivity index (χ1v) is 2.15. The van der Waals surface area contributed by atoms with E-state index in [9.17, 15) is 4.79 Å². The van der Waals surface area contributed by atoms with Gasteiger partial charge in [-0.3, -0.25) is 10.5 Å². The summed E-state index contributed by atoms with van der Waals surface area (Å²) in [5.41, 5.74) is 1.91. The number of rotatable bonds is 0. The van der Waals surface area contributed by atoms with Crippen LogP contribution in [0.2, 0.25) is 0 Å². The molecular weight excluding hydrogens is 126 g/mol. The number of hydrogen-bond donors (Lipinski definition) is 4. The predicted molar refractivity (Wildman–Crippen MR) is 26.0 cm³/mol. The minimum atomic E-state index is -0.683. The van der Waals surface area contributed by atoms with Crippen molar-refractivity contribution in [1.82, 2.24) is 15.9 Å². The maximum absolute atomic E-state index is 10.3. The topological polar surface area (TPSA) is 84.8 Å². The molecule has 0 fully saturated rings. The number of aliphatic hydroxyl groups excluding tert-OH is 1. The summed E-state index contributed by atoms with van der Waals surface area (Å²) in [5.74, 6) is -0.402. The van der Waals surface area contributed by atoms with E-state index in [4.69, 9.17) is 10.3 Å². The molecular formula is C3H5N3O3. The summed E-state index contributed by atoms with van der Waals surface area (Å²) in [6.45, 7) is 0. The summed E-state index contributed by atoms with van der Waals surface area (Å²) in [7, 11) is 0. The van der Waals surface area contributed by atoms with E-state index in [1.165, 1.54) is 0 Å². The molecule has 0 aromatic carbocycles. The van der Waals surface area contributed by atoms with Crippen molar-refractivity contribution < 1.29 is 15.1 Å². The van der Waals surface area contributed by atoms with Crippen molar-refractivity contribution in [3.63, 3.8) is 0 Å². The second-order valence-corrected chi connectivity index (χ2v) is 1.42. The van der Waals surface area contributed by atoms with E-state index >= 15 is 0 Å². The highest BCUT2D eigenvalue weighted by atomic mass is 16.5. The average molecular weight is 131 g/mol. The van der Waals surface area contributed by atoms with Crippen LogP contribution in [0.1, 0.15) is 0 Å². The molecule has 50 valence electrons. The standard InChI is InChI=1S/C3H5N3O3/c7-2-1-6(9)5-3(8)4-2/h1,7,9H,(H2,4,5,8). The summed E-state index contributed by atoms with van der Waals surface area (Å²) < 4.78 is 0. The van der Waals surface area contributed by atoms with Crippen LogP contribution >= 0.6 is 0 Å². The third kappa shape index (κ3) is 1.23. The lowest BCUT2D eigenvalue weighted by Gasteiger charge is -2.18. The Balaban J connectivity index is 2.67. The normalized spacial score (nSPS) is 18.1. The summed E-state index contributed by atoms with van der Waals surface area (Å²) in [4.78, 5) is 10.3. The monoisotopic (exact) mass is 131 g/mol. The second kappa shape index (κ2) is 1.82. The van der Waals surface area contributed by atoms with E-state index in [2.05, 4.69) is 0 Å². The Bertz CT molecular complexity index is 166. The van der Waals surface area contributed by atoms with Crippen molar-refractivity contribution in [3.05, 3.63) is 12.1 Å². The van der Waals surface area contributed by atoms with Crippen molar-refractivity contribution in [2.45, 2.75) is 0 Å². The van der Waals surface area contributed by atoms with E-state index in [0.29, 0.717) is 5.17 Å². The van der Waals surface area contributed by atoms with Gasteiger partial charge in [0.05, 0.1) is 0 Å². The fourth-order valence-electron chi connectivity index (χ4n) is 0.429. The van der Waals surface area contributed by atoms with Crippen LogP contribution < -0.4 is 10.7 Å². The van der Waals surface area contributed by atoms with Gasteiger partial charge in [-0.05, 0) is 0 Å². The molecule has 1 rings (SSSR count). The summed E-state index contributed by atoms with van der Waals surface area (Å²) in [6, 6.07) is -0.683. The van der Waals surface area contributed by atoms with Crippen LogP contribution in [0, 0.1) is 0 Å². The summed E-state index contributed by atoms with van der Waals surface area (Å²) >= 11 is 0. The number of urea groups is 1. The number of nitrogens with zero attached hydrogens (tertiary/aromatic N) is 1. The lowest BCUT2D eigenvalue weighted by molar-refractivity contribution is -0.0823. The van der Waals surface area contributed by atoms with Crippen LogP contribution in [0.25, 0.3) is 0 Å². The van der Waals surface area contributed by atoms with E-state index in [1.807, 2.05) is 10.7 Å². The molecule has 0 atom stereocenters. The largest absolute Gasteiger partial charge is 0.493 e. The van der Waals surface area contributed by atoms with Crippen molar-refractivity contribution in [2.24, 2.45) is 0 Å². The van der Waals surface area contributed by atoms with Crippen molar-refractivity contribution in [1.29, 1.82) is 0 Å². The quantitative estimate of drug-likeness (QED) is 0.349. The number of nitrogens with one attached hydrogen (secondary N) is 2. The lowest BCUT2D eigenvalue weighted by atomic mass is 10.7. The van der Waals surface area contributed by atoms with E-state index in [0.717, 1.165) is 6.20 Å². The van der Waals surface area contributed by atoms with E-state index in [1.54, 1.807) is 0 Å². The first kappa shape index (κ1) is 5.70. The minimum Gasteiger partial charge on any atom is -0.493 e. The Kier molecular flexibility index (Phi) is 1.16. The molecule has 1 heterocycles. The number of hydroxylamine groups is 1. The number of carbonyl (C=O) groups is 1. The maximum Gasteiger partial charge on any atom is 0.342 e. The van der Waals surface area contributed by atoms with Gasteiger partial charge in [0.25, 0.3) is 0 Å². The fraction of sp³-hybridized carbons (Fsp3) is 0. The number of carbonyl (C=O) groups excluding carboxylic acids is 1. The van der Waals surface area contributed by atoms with Crippen LogP contribution in [-0.4, -0.2) is 21.5 Å². The molecule has 1 aliphatic rings. The first-order chi connectivity index (χ1) is 4.18. The fourth-order valence-corrected chi connectivity index (χ4v) is 0.429. The van der Waals surface area contributed by atoms with Gasteiger partial charge in [-0.25, -0.2) is 10.2 Å². The van der Waals surface area contributed by atoms with Gasteiger partial charge < -0.3 is 5.11 Å². The summed E-state index contributed by atoms with van der Waals surface area (Å²) in [5, 5.41) is 19.3. The van der Waals surface area contributed by atoms with Gasteiger partial charge >= 0.3 is 6.03 Å². The molecule has 0 saturated heterocycles. The number of amides is 2. The molecule has 1 aliphatic heterocycles. The molecule has 4 N–H and O–H groups in total. The van der Waals surface area contributed by atoms with Gasteiger partial charge in [0.2, 0.25) is 5.88 Å². The van der Waals surface area contributed by atoms with Crippen LogP contribution in [0.4, 0.5) is 4.79 Å². The molecule has 0 bridgehead atoms. The van der Waals surface area contributed by atoms with Gasteiger partial charge in [0, 0.05) is 0 Å². The highest BCUT2D eigenvalue weighted by Crippen LogP contribution is 1.90. The van der Waals surface area contributed by atoms with Crippen molar-refractivity contribution in [2.75, 3.05) is 0 Å². The smallest absolute Gasteiger partial charge is 0.342 e. The average Bonchev–Trinajstić information content (AvgIpc) is 1.59. The zero-order chi connectivity index (χ0) is 6.85. The Labute approximate surface area is 50.3 Å². The predicted octanol–water partition coefficient (Wildman–Crippen LogP) is -0.738. The first-order valence-electron chi connectivity index (χ1n) is 2.15. The molecule has 0 aromatic rings. The third-order valence-corrected chi connectivity index (χ3v) is 0.702. The van der Waals surface area contributed by atoms with Crippen LogP contribution in [0.15, 0.2) is 12.1 Å². The Morgan fingerprint density at radius 1 is 1.67 bits per heavy atom. The van der Waals surface area contributed by atoms with E-state index < -0.39 is 11.9 Å². The molecule has 0 radical (unpaired) electrons. The molecule has 0 aromatic heterocycles. The Hall–Kier alpha value is -1.43. The molecule has 0 spiro atoms. The second-order valence-electron chi connectivity index (χ2n) is 1.42. The molecule has 9 heavy (non-hydrogen) atoms. The minimum absolute atomic E-state index is 0.355. The number of hydrazine groups is 1. The zero-order valence-electron chi connectivity index (χ0n) is 4.33. The highest BCUT2D eigenvalue weighted by molar-refractivity contribution is 5.75. The molecule has 0 saturated carbocycles. The van der Waals surface area contributed by atoms with Gasteiger partial charge in [0.1, 0.15) is 6.20 Å². The number of aliphatic hydroxyl groups is 1. The van der Waals surface area contributed by atoms with Crippen molar-refractivity contribution in [3.8, 4) is 0 Å². The molecule has 0 unspecified atom stereocenters. The van der Waals surface area contributed by atoms with E-state index in [-0.39, 0.29) is 0 Å². The molecule has 6 heteroatoms. The van der Waals surface area contributed by atoms with Crippen LogP contribution in [-0.2, 0) is 0 Å². The zero-order valence-corrected chi connectivity index (χ0v) is 4.33. The Morgan fingerprint density at radius 2 is 2.33 bits per heavy atom. The van der Waals surface area contributed by atoms with Gasteiger partial charge in [-0.1, -0.05) is 0 Å². The van der Waals surface area contributed by atoms with Gasteiger partial charge in [0.15, 0.2) is 0 Å². The number of hydrogen-bond acceptors (Lipinski definition) is 4. The molecule has 0 aliphatic carbocycles. The van der Waals surface area contributed by atoms with Crippen LogP contribution in [0.5, 0.6) is 0 Å². The van der Waals surface area contributed by atoms with Crippen molar-refractivity contribution >= 4 is 6.03 Å².